The van der Waals surface area contributed by atoms with E-state index in [0.717, 1.165) is 11.4 Å². The third-order valence-electron chi connectivity index (χ3n) is 5.18. The Morgan fingerprint density at radius 1 is 0.643 bits per heavy atom. The van der Waals surface area contributed by atoms with E-state index in [-0.39, 0.29) is 0 Å². The van der Waals surface area contributed by atoms with Gasteiger partial charge in [-0.2, -0.15) is 0 Å². The highest BCUT2D eigenvalue weighted by atomic mass is 15.1. The van der Waals surface area contributed by atoms with Crippen LogP contribution < -0.4 is 0 Å². The van der Waals surface area contributed by atoms with Gasteiger partial charge in [0.1, 0.15) is 5.82 Å². The summed E-state index contributed by atoms with van der Waals surface area (Å²) in [6.45, 7) is 2.12. The fourth-order valence-corrected chi connectivity index (χ4v) is 3.94. The summed E-state index contributed by atoms with van der Waals surface area (Å²) in [5, 5.41) is 1.23. The van der Waals surface area contributed by atoms with Crippen LogP contribution in [0.5, 0.6) is 0 Å². The minimum Gasteiger partial charge on any atom is -0.293 e. The second-order valence-electron chi connectivity index (χ2n) is 6.95. The first-order chi connectivity index (χ1) is 13.8. The van der Waals surface area contributed by atoms with Gasteiger partial charge in [0.05, 0.1) is 11.2 Å². The molecule has 2 nitrogen and oxygen atoms in total. The number of benzene rings is 3. The molecule has 0 fully saturated rings. The second-order valence-corrected chi connectivity index (χ2v) is 6.95. The van der Waals surface area contributed by atoms with Crippen molar-refractivity contribution in [1.82, 2.24) is 9.55 Å². The van der Waals surface area contributed by atoms with Crippen LogP contribution in [0.25, 0.3) is 39.1 Å². The molecule has 28 heavy (non-hydrogen) atoms. The van der Waals surface area contributed by atoms with Gasteiger partial charge in [0.15, 0.2) is 0 Å². The molecule has 0 N–H and O–H groups in total. The number of aromatic nitrogens is 2. The van der Waals surface area contributed by atoms with Gasteiger partial charge in [0.25, 0.3) is 0 Å². The van der Waals surface area contributed by atoms with Crippen LogP contribution >= 0.6 is 0 Å². The molecule has 0 bridgehead atoms. The number of aryl methyl sites for hydroxylation is 1. The van der Waals surface area contributed by atoms with Crippen molar-refractivity contribution in [3.8, 4) is 28.2 Å². The Morgan fingerprint density at radius 2 is 1.29 bits per heavy atom. The highest BCUT2D eigenvalue weighted by Crippen LogP contribution is 2.42. The van der Waals surface area contributed by atoms with Crippen molar-refractivity contribution in [1.29, 1.82) is 0 Å². The summed E-state index contributed by atoms with van der Waals surface area (Å²) >= 11 is 0. The van der Waals surface area contributed by atoms with Gasteiger partial charge in [-0.3, -0.25) is 4.57 Å². The number of hydrogen-bond donors (Lipinski definition) is 0. The summed E-state index contributed by atoms with van der Waals surface area (Å²) in [7, 11) is 0. The summed E-state index contributed by atoms with van der Waals surface area (Å²) in [6.07, 6.45) is 1.87. The topological polar surface area (TPSA) is 17.8 Å². The van der Waals surface area contributed by atoms with Crippen LogP contribution in [0.1, 0.15) is 5.56 Å². The Kier molecular flexibility index (Phi) is 4.02. The van der Waals surface area contributed by atoms with Gasteiger partial charge in [-0.15, -0.1) is 0 Å². The van der Waals surface area contributed by atoms with E-state index >= 15 is 0 Å². The molecule has 0 amide bonds. The first-order valence-corrected chi connectivity index (χ1v) is 9.51. The van der Waals surface area contributed by atoms with Crippen LogP contribution in [0.3, 0.4) is 0 Å². The fraction of sp³-hybridized carbons (Fsp3) is 0.0385. The zero-order valence-corrected chi connectivity index (χ0v) is 15.7. The van der Waals surface area contributed by atoms with E-state index in [1.165, 1.54) is 33.3 Å². The van der Waals surface area contributed by atoms with Gasteiger partial charge in [-0.05, 0) is 35.7 Å². The van der Waals surface area contributed by atoms with Gasteiger partial charge in [-0.25, -0.2) is 4.98 Å². The molecule has 5 aromatic rings. The van der Waals surface area contributed by atoms with Crippen molar-refractivity contribution < 1.29 is 0 Å². The predicted octanol–water partition coefficient (Wildman–Crippen LogP) is 6.67. The Hall–Kier alpha value is -3.65. The van der Waals surface area contributed by atoms with Crippen molar-refractivity contribution in [3.05, 3.63) is 109 Å². The van der Waals surface area contributed by atoms with Gasteiger partial charge in [-0.1, -0.05) is 84.9 Å². The zero-order valence-electron chi connectivity index (χ0n) is 15.7. The molecule has 0 saturated carbocycles. The average Bonchev–Trinajstić information content (AvgIpc) is 3.10. The van der Waals surface area contributed by atoms with Gasteiger partial charge >= 0.3 is 0 Å². The molecule has 2 heterocycles. The van der Waals surface area contributed by atoms with Crippen molar-refractivity contribution in [2.45, 2.75) is 6.92 Å². The summed E-state index contributed by atoms with van der Waals surface area (Å²) in [5.74, 6) is 0.972. The molecular formula is C26H20N2. The largest absolute Gasteiger partial charge is 0.293 e. The molecule has 0 aliphatic carbocycles. The number of para-hydroxylation sites is 1. The van der Waals surface area contributed by atoms with Crippen LogP contribution in [-0.4, -0.2) is 9.55 Å². The molecule has 0 aliphatic heterocycles. The average molecular weight is 360 g/mol. The number of hydrogen-bond acceptors (Lipinski definition) is 1. The molecule has 0 radical (unpaired) electrons. The molecule has 134 valence electrons. The molecule has 0 saturated heterocycles. The molecule has 0 atom stereocenters. The Labute approximate surface area is 164 Å². The van der Waals surface area contributed by atoms with Crippen molar-refractivity contribution >= 4 is 10.9 Å². The Morgan fingerprint density at radius 3 is 2.00 bits per heavy atom. The number of nitrogens with zero attached hydrogens (tertiary/aromatic N) is 2. The maximum atomic E-state index is 4.75. The summed E-state index contributed by atoms with van der Waals surface area (Å²) in [5.41, 5.74) is 7.14. The first kappa shape index (κ1) is 16.5. The van der Waals surface area contributed by atoms with E-state index in [4.69, 9.17) is 4.98 Å². The minimum atomic E-state index is 0.972. The summed E-state index contributed by atoms with van der Waals surface area (Å²) in [6, 6.07) is 33.9. The second kappa shape index (κ2) is 6.82. The lowest BCUT2D eigenvalue weighted by molar-refractivity contribution is 1.03. The predicted molar refractivity (Wildman–Crippen MR) is 117 cm³/mol. The maximum absolute atomic E-state index is 4.75. The van der Waals surface area contributed by atoms with Crippen molar-refractivity contribution in [2.75, 3.05) is 0 Å². The number of rotatable bonds is 3. The maximum Gasteiger partial charge on any atom is 0.140 e. The van der Waals surface area contributed by atoms with E-state index in [9.17, 15) is 0 Å². The molecule has 0 aliphatic rings. The molecule has 2 heteroatoms. The lowest BCUT2D eigenvalue weighted by Gasteiger charge is -2.14. The molecule has 0 unspecified atom stereocenters. The van der Waals surface area contributed by atoms with E-state index in [2.05, 4.69) is 102 Å². The highest BCUT2D eigenvalue weighted by molar-refractivity contribution is 6.05. The van der Waals surface area contributed by atoms with Gasteiger partial charge in [0.2, 0.25) is 0 Å². The van der Waals surface area contributed by atoms with Crippen LogP contribution in [0.2, 0.25) is 0 Å². The smallest absolute Gasteiger partial charge is 0.140 e. The quantitative estimate of drug-likeness (QED) is 0.351. The number of pyridine rings is 1. The Balaban J connectivity index is 1.99. The molecule has 0 spiro atoms. The lowest BCUT2D eigenvalue weighted by Crippen LogP contribution is -2.02. The molecule has 5 rings (SSSR count). The summed E-state index contributed by atoms with van der Waals surface area (Å²) in [4.78, 5) is 4.75. The van der Waals surface area contributed by atoms with Crippen molar-refractivity contribution in [2.24, 2.45) is 0 Å². The van der Waals surface area contributed by atoms with Crippen LogP contribution in [-0.2, 0) is 0 Å². The van der Waals surface area contributed by atoms with Crippen molar-refractivity contribution in [3.63, 3.8) is 0 Å². The Bertz CT molecular complexity index is 1250. The monoisotopic (exact) mass is 360 g/mol. The van der Waals surface area contributed by atoms with E-state index in [1.54, 1.807) is 0 Å². The SMILES string of the molecule is Cc1cccnc1-n1c(-c2ccccc2)c(-c2ccccc2)c2ccccc21. The third-order valence-corrected chi connectivity index (χ3v) is 5.18. The van der Waals surface area contributed by atoms with E-state index in [1.807, 2.05) is 12.3 Å². The third kappa shape index (κ3) is 2.62. The van der Waals surface area contributed by atoms with Crippen LogP contribution in [0.15, 0.2) is 103 Å². The molecular weight excluding hydrogens is 340 g/mol. The summed E-state index contributed by atoms with van der Waals surface area (Å²) < 4.78 is 2.31. The van der Waals surface area contributed by atoms with Crippen LogP contribution in [0, 0.1) is 6.92 Å². The van der Waals surface area contributed by atoms with Gasteiger partial charge in [0, 0.05) is 17.1 Å². The minimum absolute atomic E-state index is 0.972. The normalized spacial score (nSPS) is 11.0. The first-order valence-electron chi connectivity index (χ1n) is 9.51. The number of fused-ring (bicyclic) bond motifs is 1. The van der Waals surface area contributed by atoms with Gasteiger partial charge < -0.3 is 0 Å². The highest BCUT2D eigenvalue weighted by Gasteiger charge is 2.21. The van der Waals surface area contributed by atoms with E-state index in [0.29, 0.717) is 0 Å². The zero-order chi connectivity index (χ0) is 18.9. The standard InChI is InChI=1S/C26H20N2/c1-19-11-10-18-27-26(19)28-23-17-9-8-16-22(23)24(20-12-4-2-5-13-20)25(28)21-14-6-3-7-15-21/h2-18H,1H3. The fourth-order valence-electron chi connectivity index (χ4n) is 3.94. The molecule has 2 aromatic heterocycles. The van der Waals surface area contributed by atoms with Crippen LogP contribution in [0.4, 0.5) is 0 Å². The lowest BCUT2D eigenvalue weighted by atomic mass is 9.98. The van der Waals surface area contributed by atoms with E-state index < -0.39 is 0 Å². The molecule has 3 aromatic carbocycles.